The molecular formula is C15H17N3O2. The van der Waals surface area contributed by atoms with E-state index in [9.17, 15) is 9.59 Å². The van der Waals surface area contributed by atoms with E-state index in [0.29, 0.717) is 17.7 Å². The number of ketones is 1. The molecule has 0 aliphatic carbocycles. The summed E-state index contributed by atoms with van der Waals surface area (Å²) in [6.07, 6.45) is 3.84. The maximum atomic E-state index is 12.0. The predicted molar refractivity (Wildman–Crippen MR) is 76.6 cm³/mol. The first kappa shape index (κ1) is 14.0. The molecule has 0 spiro atoms. The lowest BCUT2D eigenvalue weighted by molar-refractivity contribution is -0.116. The molecule has 1 amide bonds. The first-order valence-electron chi connectivity index (χ1n) is 6.46. The number of Topliss-reactive ketones (excluding diaryl/α,β-unsaturated/α-hetero) is 1. The van der Waals surface area contributed by atoms with E-state index in [0.717, 1.165) is 0 Å². The van der Waals surface area contributed by atoms with Crippen molar-refractivity contribution in [2.75, 3.05) is 5.32 Å². The molecule has 1 heterocycles. The highest BCUT2D eigenvalue weighted by molar-refractivity contribution is 5.97. The average Bonchev–Trinajstić information content (AvgIpc) is 2.92. The number of carbonyl (C=O) groups excluding carboxylic acids is 2. The van der Waals surface area contributed by atoms with Crippen molar-refractivity contribution >= 4 is 17.4 Å². The monoisotopic (exact) mass is 271 g/mol. The van der Waals surface area contributed by atoms with Crippen LogP contribution in [0.5, 0.6) is 0 Å². The van der Waals surface area contributed by atoms with Crippen molar-refractivity contribution in [3.63, 3.8) is 0 Å². The third-order valence-corrected chi connectivity index (χ3v) is 3.01. The Morgan fingerprint density at radius 1 is 1.35 bits per heavy atom. The van der Waals surface area contributed by atoms with Crippen LogP contribution in [0.1, 0.15) is 36.7 Å². The summed E-state index contributed by atoms with van der Waals surface area (Å²) in [5.74, 6) is -0.125. The second-order valence-corrected chi connectivity index (χ2v) is 4.72. The summed E-state index contributed by atoms with van der Waals surface area (Å²) >= 11 is 0. The molecule has 5 nitrogen and oxygen atoms in total. The summed E-state index contributed by atoms with van der Waals surface area (Å²) in [7, 11) is 0. The van der Waals surface area contributed by atoms with Crippen molar-refractivity contribution in [1.82, 2.24) is 9.78 Å². The van der Waals surface area contributed by atoms with Crippen LogP contribution in [0.25, 0.3) is 0 Å². The van der Waals surface area contributed by atoms with Crippen LogP contribution in [0.4, 0.5) is 5.69 Å². The summed E-state index contributed by atoms with van der Waals surface area (Å²) in [5.41, 5.74) is 1.22. The van der Waals surface area contributed by atoms with Gasteiger partial charge in [0.15, 0.2) is 5.78 Å². The second-order valence-electron chi connectivity index (χ2n) is 4.72. The third-order valence-electron chi connectivity index (χ3n) is 3.01. The van der Waals surface area contributed by atoms with Gasteiger partial charge in [-0.1, -0.05) is 12.1 Å². The molecule has 1 aromatic carbocycles. The number of carbonyl (C=O) groups is 2. The van der Waals surface area contributed by atoms with Crippen LogP contribution in [0.15, 0.2) is 42.7 Å². The lowest BCUT2D eigenvalue weighted by Crippen LogP contribution is -2.18. The molecule has 0 saturated heterocycles. The molecule has 5 heteroatoms. The minimum atomic E-state index is -0.103. The maximum absolute atomic E-state index is 12.0. The van der Waals surface area contributed by atoms with Gasteiger partial charge in [0.05, 0.1) is 6.04 Å². The van der Waals surface area contributed by atoms with Gasteiger partial charge in [0, 0.05) is 30.1 Å². The fourth-order valence-corrected chi connectivity index (χ4v) is 1.93. The van der Waals surface area contributed by atoms with Gasteiger partial charge in [-0.25, -0.2) is 0 Å². The number of rotatable bonds is 5. The minimum Gasteiger partial charge on any atom is -0.326 e. The lowest BCUT2D eigenvalue weighted by atomic mass is 10.1. The molecule has 2 aromatic rings. The van der Waals surface area contributed by atoms with Gasteiger partial charge < -0.3 is 5.32 Å². The predicted octanol–water partition coefficient (Wildman–Crippen LogP) is 2.68. The maximum Gasteiger partial charge on any atom is 0.226 e. The molecule has 0 aliphatic rings. The van der Waals surface area contributed by atoms with Gasteiger partial charge in [0.25, 0.3) is 0 Å². The van der Waals surface area contributed by atoms with E-state index in [1.54, 1.807) is 35.1 Å². The van der Waals surface area contributed by atoms with Crippen molar-refractivity contribution in [2.45, 2.75) is 26.3 Å². The van der Waals surface area contributed by atoms with E-state index < -0.39 is 0 Å². The Morgan fingerprint density at radius 2 is 2.15 bits per heavy atom. The molecule has 0 aliphatic heterocycles. The van der Waals surface area contributed by atoms with Gasteiger partial charge in [-0.15, -0.1) is 0 Å². The zero-order chi connectivity index (χ0) is 14.5. The molecule has 0 radical (unpaired) electrons. The number of nitrogens with zero attached hydrogens (tertiary/aromatic N) is 2. The normalized spacial score (nSPS) is 11.9. The van der Waals surface area contributed by atoms with E-state index in [1.807, 2.05) is 19.2 Å². The molecule has 0 saturated carbocycles. The lowest BCUT2D eigenvalue weighted by Gasteiger charge is -2.12. The average molecular weight is 271 g/mol. The standard InChI is InChI=1S/C15H17N3O2/c1-11(18-8-4-7-16-18)9-15(20)17-14-6-3-5-13(10-14)12(2)19/h3-8,10-11H,9H2,1-2H3,(H,17,20)/t11-/m1/s1. The Hall–Kier alpha value is -2.43. The zero-order valence-corrected chi connectivity index (χ0v) is 11.5. The highest BCUT2D eigenvalue weighted by atomic mass is 16.1. The number of nitrogens with one attached hydrogen (secondary N) is 1. The molecule has 1 N–H and O–H groups in total. The van der Waals surface area contributed by atoms with Crippen molar-refractivity contribution in [3.05, 3.63) is 48.3 Å². The number of hydrogen-bond donors (Lipinski definition) is 1. The summed E-state index contributed by atoms with van der Waals surface area (Å²) < 4.78 is 1.74. The summed E-state index contributed by atoms with van der Waals surface area (Å²) in [6, 6.07) is 8.74. The highest BCUT2D eigenvalue weighted by Crippen LogP contribution is 2.14. The fraction of sp³-hybridized carbons (Fsp3) is 0.267. The van der Waals surface area contributed by atoms with E-state index >= 15 is 0 Å². The van der Waals surface area contributed by atoms with E-state index in [2.05, 4.69) is 10.4 Å². The first-order valence-corrected chi connectivity index (χ1v) is 6.46. The van der Waals surface area contributed by atoms with Gasteiger partial charge in [-0.2, -0.15) is 5.10 Å². The van der Waals surface area contributed by atoms with E-state index in [-0.39, 0.29) is 17.7 Å². The Balaban J connectivity index is 1.98. The Labute approximate surface area is 117 Å². The van der Waals surface area contributed by atoms with Crippen LogP contribution in [0.3, 0.4) is 0 Å². The first-order chi connectivity index (χ1) is 9.56. The molecular weight excluding hydrogens is 254 g/mol. The smallest absolute Gasteiger partial charge is 0.226 e. The third kappa shape index (κ3) is 3.54. The van der Waals surface area contributed by atoms with Crippen LogP contribution in [-0.2, 0) is 4.79 Å². The van der Waals surface area contributed by atoms with E-state index in [4.69, 9.17) is 0 Å². The van der Waals surface area contributed by atoms with E-state index in [1.165, 1.54) is 6.92 Å². The van der Waals surface area contributed by atoms with Crippen molar-refractivity contribution < 1.29 is 9.59 Å². The Kier molecular flexibility index (Phi) is 4.30. The Morgan fingerprint density at radius 3 is 2.80 bits per heavy atom. The number of anilines is 1. The van der Waals surface area contributed by atoms with Crippen LogP contribution in [-0.4, -0.2) is 21.5 Å². The number of amides is 1. The fourth-order valence-electron chi connectivity index (χ4n) is 1.93. The quantitative estimate of drug-likeness (QED) is 0.850. The molecule has 104 valence electrons. The molecule has 2 rings (SSSR count). The van der Waals surface area contributed by atoms with Crippen molar-refractivity contribution in [3.8, 4) is 0 Å². The SMILES string of the molecule is CC(=O)c1cccc(NC(=O)C[C@@H](C)n2cccn2)c1. The van der Waals surface area contributed by atoms with Crippen LogP contribution in [0, 0.1) is 0 Å². The topological polar surface area (TPSA) is 64.0 Å². The van der Waals surface area contributed by atoms with Crippen molar-refractivity contribution in [2.24, 2.45) is 0 Å². The molecule has 0 unspecified atom stereocenters. The number of benzene rings is 1. The Bertz CT molecular complexity index is 605. The largest absolute Gasteiger partial charge is 0.326 e. The summed E-state index contributed by atoms with van der Waals surface area (Å²) in [6.45, 7) is 3.43. The van der Waals surface area contributed by atoms with Gasteiger partial charge in [0.2, 0.25) is 5.91 Å². The molecule has 1 aromatic heterocycles. The second kappa shape index (κ2) is 6.14. The van der Waals surface area contributed by atoms with Crippen LogP contribution < -0.4 is 5.32 Å². The van der Waals surface area contributed by atoms with Crippen molar-refractivity contribution in [1.29, 1.82) is 0 Å². The molecule has 0 fully saturated rings. The van der Waals surface area contributed by atoms with Gasteiger partial charge in [0.1, 0.15) is 0 Å². The van der Waals surface area contributed by atoms with Gasteiger partial charge in [-0.05, 0) is 32.0 Å². The summed E-state index contributed by atoms with van der Waals surface area (Å²) in [5, 5.41) is 6.90. The highest BCUT2D eigenvalue weighted by Gasteiger charge is 2.11. The number of hydrogen-bond acceptors (Lipinski definition) is 3. The zero-order valence-electron chi connectivity index (χ0n) is 11.5. The summed E-state index contributed by atoms with van der Waals surface area (Å²) in [4.78, 5) is 23.3. The molecule has 1 atom stereocenters. The number of aromatic nitrogens is 2. The van der Waals surface area contributed by atoms with Gasteiger partial charge >= 0.3 is 0 Å². The molecule has 0 bridgehead atoms. The minimum absolute atomic E-state index is 0.0130. The van der Waals surface area contributed by atoms with Gasteiger partial charge in [-0.3, -0.25) is 14.3 Å². The van der Waals surface area contributed by atoms with Crippen LogP contribution >= 0.6 is 0 Å². The molecule has 20 heavy (non-hydrogen) atoms. The van der Waals surface area contributed by atoms with Crippen LogP contribution in [0.2, 0.25) is 0 Å².